The zero-order valence-corrected chi connectivity index (χ0v) is 20.1. The lowest BCUT2D eigenvalue weighted by Gasteiger charge is -2.44. The first-order valence-corrected chi connectivity index (χ1v) is 12.6. The highest BCUT2D eigenvalue weighted by atomic mass is 32.2. The number of aromatic nitrogens is 2. The van der Waals surface area contributed by atoms with E-state index in [-0.39, 0.29) is 42.4 Å². The van der Waals surface area contributed by atoms with Crippen LogP contribution >= 0.6 is 11.8 Å². The van der Waals surface area contributed by atoms with Crippen LogP contribution in [-0.4, -0.2) is 52.0 Å². The largest absolute Gasteiger partial charge is 0.461 e. The van der Waals surface area contributed by atoms with Crippen molar-refractivity contribution >= 4 is 35.2 Å². The van der Waals surface area contributed by atoms with Crippen LogP contribution in [0.1, 0.15) is 66.9 Å². The molecule has 1 fully saturated rings. The van der Waals surface area contributed by atoms with Gasteiger partial charge in [-0.05, 0) is 51.1 Å². The van der Waals surface area contributed by atoms with Crippen LogP contribution in [0.25, 0.3) is 0 Å². The molecule has 1 aliphatic carbocycles. The van der Waals surface area contributed by atoms with Gasteiger partial charge in [0.05, 0.1) is 13.2 Å². The minimum Gasteiger partial charge on any atom is -0.461 e. The predicted molar refractivity (Wildman–Crippen MR) is 127 cm³/mol. The number of carbonyl (C=O) groups excluding carboxylic acids is 3. The van der Waals surface area contributed by atoms with E-state index >= 15 is 0 Å². The van der Waals surface area contributed by atoms with Gasteiger partial charge in [0.25, 0.3) is 5.91 Å². The van der Waals surface area contributed by atoms with Crippen molar-refractivity contribution in [3.8, 4) is 0 Å². The highest BCUT2D eigenvalue weighted by molar-refractivity contribution is 7.98. The molecule has 1 aromatic heterocycles. The number of nitrogens with one attached hydrogen (secondary N) is 1. The number of amides is 2. The van der Waals surface area contributed by atoms with Crippen LogP contribution in [0.5, 0.6) is 0 Å². The Morgan fingerprint density at radius 3 is 2.70 bits per heavy atom. The van der Waals surface area contributed by atoms with Crippen molar-refractivity contribution in [2.24, 2.45) is 0 Å². The lowest BCUT2D eigenvalue weighted by molar-refractivity contribution is -0.127. The lowest BCUT2D eigenvalue weighted by atomic mass is 9.91. The molecule has 9 heteroatoms. The Balaban J connectivity index is 1.75. The first kappa shape index (κ1) is 23.4. The number of thioether (sulfide) groups is 1. The van der Waals surface area contributed by atoms with Crippen LogP contribution in [0.2, 0.25) is 0 Å². The number of anilines is 1. The van der Waals surface area contributed by atoms with E-state index in [0.717, 1.165) is 30.6 Å². The predicted octanol–water partition coefficient (Wildman–Crippen LogP) is 3.65. The maximum atomic E-state index is 13.7. The van der Waals surface area contributed by atoms with Crippen LogP contribution in [0.3, 0.4) is 0 Å². The normalized spacial score (nSPS) is 20.9. The summed E-state index contributed by atoms with van der Waals surface area (Å²) >= 11 is 1.57. The van der Waals surface area contributed by atoms with Crippen LogP contribution in [-0.2, 0) is 16.1 Å². The van der Waals surface area contributed by atoms with Crippen molar-refractivity contribution in [2.45, 2.75) is 69.0 Å². The number of ether oxygens (including phenoxy) is 1. The fraction of sp³-hybridized carbons (Fsp3) is 0.500. The zero-order chi connectivity index (χ0) is 23.6. The first-order valence-electron chi connectivity index (χ1n) is 11.4. The molecule has 1 saturated carbocycles. The Morgan fingerprint density at radius 2 is 2.00 bits per heavy atom. The number of esters is 1. The quantitative estimate of drug-likeness (QED) is 0.512. The maximum absolute atomic E-state index is 13.7. The van der Waals surface area contributed by atoms with Crippen molar-refractivity contribution in [2.75, 3.05) is 17.8 Å². The Hall–Kier alpha value is -2.81. The van der Waals surface area contributed by atoms with Gasteiger partial charge in [-0.25, -0.2) is 4.79 Å². The summed E-state index contributed by atoms with van der Waals surface area (Å²) in [5.74, 6) is -1.17. The van der Waals surface area contributed by atoms with Gasteiger partial charge in [-0.2, -0.15) is 5.10 Å². The summed E-state index contributed by atoms with van der Waals surface area (Å²) in [5.41, 5.74) is -0.250. The fourth-order valence-electron chi connectivity index (χ4n) is 4.63. The van der Waals surface area contributed by atoms with E-state index in [4.69, 9.17) is 4.74 Å². The topological polar surface area (TPSA) is 93.5 Å². The summed E-state index contributed by atoms with van der Waals surface area (Å²) in [5, 5.41) is 7.50. The summed E-state index contributed by atoms with van der Waals surface area (Å²) in [6, 6.07) is 9.14. The molecule has 1 atom stereocenters. The third-order valence-electron chi connectivity index (χ3n) is 6.38. The molecule has 1 N–H and O–H groups in total. The molecule has 1 aliphatic heterocycles. The zero-order valence-electron chi connectivity index (χ0n) is 19.3. The molecule has 2 heterocycles. The van der Waals surface area contributed by atoms with Crippen LogP contribution < -0.4 is 10.2 Å². The average Bonchev–Trinajstić information content (AvgIpc) is 3.24. The summed E-state index contributed by atoms with van der Waals surface area (Å²) in [6.07, 6.45) is 7.21. The van der Waals surface area contributed by atoms with Gasteiger partial charge in [0.15, 0.2) is 5.69 Å². The maximum Gasteiger partial charge on any atom is 0.358 e. The van der Waals surface area contributed by atoms with Gasteiger partial charge in [0.1, 0.15) is 11.2 Å². The second-order valence-electron chi connectivity index (χ2n) is 8.72. The van der Waals surface area contributed by atoms with Crippen molar-refractivity contribution in [1.29, 1.82) is 0 Å². The third-order valence-corrected chi connectivity index (χ3v) is 7.10. The molecule has 0 bridgehead atoms. The van der Waals surface area contributed by atoms with Crippen LogP contribution in [0.4, 0.5) is 5.69 Å². The van der Waals surface area contributed by atoms with Gasteiger partial charge in [-0.3, -0.25) is 19.2 Å². The molecule has 0 spiro atoms. The van der Waals surface area contributed by atoms with Crippen molar-refractivity contribution < 1.29 is 19.1 Å². The van der Waals surface area contributed by atoms with E-state index < -0.39 is 11.5 Å². The van der Waals surface area contributed by atoms with Gasteiger partial charge < -0.3 is 10.1 Å². The van der Waals surface area contributed by atoms with E-state index in [1.807, 2.05) is 30.5 Å². The van der Waals surface area contributed by atoms with Gasteiger partial charge in [-0.15, -0.1) is 11.8 Å². The Bertz CT molecular complexity index is 1060. The molecule has 0 unspecified atom stereocenters. The van der Waals surface area contributed by atoms with Crippen LogP contribution in [0, 0.1) is 0 Å². The highest BCUT2D eigenvalue weighted by Crippen LogP contribution is 2.35. The lowest BCUT2D eigenvalue weighted by Crippen LogP contribution is -2.65. The Kier molecular flexibility index (Phi) is 6.78. The molecular formula is C24H30N4O4S. The van der Waals surface area contributed by atoms with Gasteiger partial charge in [-0.1, -0.05) is 25.3 Å². The number of carbonyl (C=O) groups is 3. The van der Waals surface area contributed by atoms with Crippen LogP contribution in [0.15, 0.2) is 35.2 Å². The number of nitrogens with zero attached hydrogens (tertiary/aromatic N) is 3. The van der Waals surface area contributed by atoms with Crippen molar-refractivity contribution in [3.05, 3.63) is 41.7 Å². The summed E-state index contributed by atoms with van der Waals surface area (Å²) in [6.45, 7) is 3.83. The monoisotopic (exact) mass is 470 g/mol. The average molecular weight is 471 g/mol. The SMILES string of the molecule is CCOC(=O)c1cc2n(n1)C[C@](C)(C(=O)NC1CCCCC1)N(c1cccc(SC)c1)C2=O. The number of hydrogen-bond acceptors (Lipinski definition) is 6. The highest BCUT2D eigenvalue weighted by Gasteiger charge is 2.49. The summed E-state index contributed by atoms with van der Waals surface area (Å²) in [4.78, 5) is 42.2. The molecule has 0 saturated heterocycles. The molecule has 2 aliphatic rings. The molecule has 0 radical (unpaired) electrons. The summed E-state index contributed by atoms with van der Waals surface area (Å²) in [7, 11) is 0. The molecule has 2 aromatic rings. The minimum absolute atomic E-state index is 0.0648. The van der Waals surface area contributed by atoms with E-state index in [1.165, 1.54) is 17.2 Å². The van der Waals surface area contributed by atoms with Gasteiger partial charge in [0.2, 0.25) is 5.91 Å². The third kappa shape index (κ3) is 4.51. The number of rotatable bonds is 6. The molecule has 176 valence electrons. The van der Waals surface area contributed by atoms with E-state index in [2.05, 4.69) is 10.4 Å². The number of hydrogen-bond donors (Lipinski definition) is 1. The smallest absolute Gasteiger partial charge is 0.358 e. The minimum atomic E-state index is -1.21. The number of fused-ring (bicyclic) bond motifs is 1. The molecule has 4 rings (SSSR count). The van der Waals surface area contributed by atoms with Gasteiger partial charge >= 0.3 is 5.97 Å². The molecule has 1 aromatic carbocycles. The van der Waals surface area contributed by atoms with Crippen molar-refractivity contribution in [3.63, 3.8) is 0 Å². The Labute approximate surface area is 198 Å². The second-order valence-corrected chi connectivity index (χ2v) is 9.60. The first-order chi connectivity index (χ1) is 15.9. The number of benzene rings is 1. The Morgan fingerprint density at radius 1 is 1.24 bits per heavy atom. The fourth-order valence-corrected chi connectivity index (χ4v) is 5.08. The molecule has 33 heavy (non-hydrogen) atoms. The summed E-state index contributed by atoms with van der Waals surface area (Å²) < 4.78 is 6.52. The molecular weight excluding hydrogens is 440 g/mol. The molecule has 8 nitrogen and oxygen atoms in total. The van der Waals surface area contributed by atoms with E-state index in [0.29, 0.717) is 5.69 Å². The van der Waals surface area contributed by atoms with Crippen molar-refractivity contribution in [1.82, 2.24) is 15.1 Å². The standard InChI is InChI=1S/C24H30N4O4S/c1-4-32-22(30)19-14-20-21(29)28(17-11-8-12-18(13-17)33-3)24(2,15-27(20)26-19)23(31)25-16-9-6-5-7-10-16/h8,11-14,16H,4-7,9-10,15H2,1-3H3,(H,25,31)/t24-/m1/s1. The van der Waals surface area contributed by atoms with E-state index in [1.54, 1.807) is 30.5 Å². The molecule has 2 amide bonds. The van der Waals surface area contributed by atoms with E-state index in [9.17, 15) is 14.4 Å². The van der Waals surface area contributed by atoms with Gasteiger partial charge in [0, 0.05) is 22.7 Å². The second kappa shape index (κ2) is 9.59.